The molecule has 88 valence electrons. The molecule has 1 aliphatic rings. The van der Waals surface area contributed by atoms with Gasteiger partial charge in [-0.1, -0.05) is 0 Å². The van der Waals surface area contributed by atoms with Gasteiger partial charge in [0, 0.05) is 38.8 Å². The molecule has 1 heterocycles. The van der Waals surface area contributed by atoms with Gasteiger partial charge in [0.25, 0.3) is 0 Å². The monoisotopic (exact) mass is 222 g/mol. The summed E-state index contributed by atoms with van der Waals surface area (Å²) in [6.45, 7) is 1.52. The maximum Gasteiger partial charge on any atom is 0.221 e. The molecule has 0 unspecified atom stereocenters. The Bertz CT molecular complexity index is 357. The average Bonchev–Trinajstić information content (AvgIpc) is 3.02. The maximum absolute atomic E-state index is 11.1. The normalized spacial score (nSPS) is 15.1. The third-order valence-electron chi connectivity index (χ3n) is 2.71. The lowest BCUT2D eigenvalue weighted by atomic mass is 10.4. The number of rotatable bonds is 6. The first kappa shape index (κ1) is 11.1. The molecule has 0 saturated heterocycles. The molecule has 1 aliphatic carbocycles. The SMILES string of the molecule is CNC(=O)CCn1cnc(CNC2CC2)c1. The molecule has 0 atom stereocenters. The van der Waals surface area contributed by atoms with Crippen molar-refractivity contribution in [2.24, 2.45) is 0 Å². The van der Waals surface area contributed by atoms with Gasteiger partial charge in [-0.3, -0.25) is 4.79 Å². The first-order chi connectivity index (χ1) is 7.78. The highest BCUT2D eigenvalue weighted by atomic mass is 16.1. The van der Waals surface area contributed by atoms with Crippen molar-refractivity contribution in [3.63, 3.8) is 0 Å². The number of hydrogen-bond donors (Lipinski definition) is 2. The molecule has 0 radical (unpaired) electrons. The summed E-state index contributed by atoms with van der Waals surface area (Å²) in [5.74, 6) is 0.0614. The molecule has 1 fully saturated rings. The van der Waals surface area contributed by atoms with Gasteiger partial charge < -0.3 is 15.2 Å². The van der Waals surface area contributed by atoms with Gasteiger partial charge in [-0.25, -0.2) is 4.98 Å². The van der Waals surface area contributed by atoms with Crippen LogP contribution < -0.4 is 10.6 Å². The van der Waals surface area contributed by atoms with Crippen LogP contribution in [0.4, 0.5) is 0 Å². The van der Waals surface area contributed by atoms with E-state index in [1.54, 1.807) is 13.4 Å². The zero-order chi connectivity index (χ0) is 11.4. The summed E-state index contributed by atoms with van der Waals surface area (Å²) in [6.07, 6.45) is 6.86. The van der Waals surface area contributed by atoms with Crippen LogP contribution in [0.3, 0.4) is 0 Å². The van der Waals surface area contributed by atoms with E-state index in [-0.39, 0.29) is 5.91 Å². The molecule has 0 aliphatic heterocycles. The maximum atomic E-state index is 11.1. The fraction of sp³-hybridized carbons (Fsp3) is 0.636. The number of imidazole rings is 1. The molecule has 0 spiro atoms. The predicted molar refractivity (Wildman–Crippen MR) is 60.8 cm³/mol. The van der Waals surface area contributed by atoms with Crippen LogP contribution in [0.2, 0.25) is 0 Å². The zero-order valence-electron chi connectivity index (χ0n) is 9.57. The summed E-state index contributed by atoms with van der Waals surface area (Å²) < 4.78 is 1.96. The highest BCUT2D eigenvalue weighted by molar-refractivity contribution is 5.75. The topological polar surface area (TPSA) is 59.0 Å². The Hall–Kier alpha value is -1.36. The highest BCUT2D eigenvalue weighted by Crippen LogP contribution is 2.18. The second-order valence-electron chi connectivity index (χ2n) is 4.18. The smallest absolute Gasteiger partial charge is 0.221 e. The number of carbonyl (C=O) groups is 1. The summed E-state index contributed by atoms with van der Waals surface area (Å²) in [5.41, 5.74) is 1.05. The van der Waals surface area contributed by atoms with Crippen LogP contribution in [-0.4, -0.2) is 28.5 Å². The van der Waals surface area contributed by atoms with Crippen molar-refractivity contribution in [3.05, 3.63) is 18.2 Å². The quantitative estimate of drug-likeness (QED) is 0.726. The van der Waals surface area contributed by atoms with Crippen LogP contribution in [0.15, 0.2) is 12.5 Å². The molecule has 5 nitrogen and oxygen atoms in total. The van der Waals surface area contributed by atoms with Crippen LogP contribution in [-0.2, 0) is 17.9 Å². The Morgan fingerprint density at radius 3 is 3.12 bits per heavy atom. The third-order valence-corrected chi connectivity index (χ3v) is 2.71. The Labute approximate surface area is 95.2 Å². The number of aryl methyl sites for hydroxylation is 1. The van der Waals surface area contributed by atoms with Crippen molar-refractivity contribution in [2.45, 2.75) is 38.4 Å². The number of aromatic nitrogens is 2. The van der Waals surface area contributed by atoms with E-state index >= 15 is 0 Å². The Morgan fingerprint density at radius 2 is 2.44 bits per heavy atom. The Morgan fingerprint density at radius 1 is 1.62 bits per heavy atom. The molecule has 5 heteroatoms. The van der Waals surface area contributed by atoms with Gasteiger partial charge in [-0.2, -0.15) is 0 Å². The van der Waals surface area contributed by atoms with Crippen LogP contribution in [0.25, 0.3) is 0 Å². The number of carbonyl (C=O) groups excluding carboxylic acids is 1. The van der Waals surface area contributed by atoms with E-state index in [9.17, 15) is 4.79 Å². The Balaban J connectivity index is 1.74. The van der Waals surface area contributed by atoms with Gasteiger partial charge in [-0.15, -0.1) is 0 Å². The van der Waals surface area contributed by atoms with E-state index in [0.717, 1.165) is 12.2 Å². The first-order valence-corrected chi connectivity index (χ1v) is 5.72. The van der Waals surface area contributed by atoms with Gasteiger partial charge in [0.15, 0.2) is 0 Å². The van der Waals surface area contributed by atoms with Crippen molar-refractivity contribution >= 4 is 5.91 Å². The molecule has 16 heavy (non-hydrogen) atoms. The molecule has 1 aromatic rings. The molecule has 1 saturated carbocycles. The largest absolute Gasteiger partial charge is 0.359 e. The minimum atomic E-state index is 0.0614. The van der Waals surface area contributed by atoms with Gasteiger partial charge in [-0.05, 0) is 12.8 Å². The summed E-state index contributed by atoms with van der Waals surface area (Å²) >= 11 is 0. The minimum Gasteiger partial charge on any atom is -0.359 e. The summed E-state index contributed by atoms with van der Waals surface area (Å²) in [7, 11) is 1.65. The van der Waals surface area contributed by atoms with Crippen LogP contribution in [0.5, 0.6) is 0 Å². The molecular weight excluding hydrogens is 204 g/mol. The van der Waals surface area contributed by atoms with Crippen molar-refractivity contribution in [1.29, 1.82) is 0 Å². The van der Waals surface area contributed by atoms with E-state index in [2.05, 4.69) is 15.6 Å². The number of nitrogens with one attached hydrogen (secondary N) is 2. The number of nitrogens with zero attached hydrogens (tertiary/aromatic N) is 2. The van der Waals surface area contributed by atoms with Crippen molar-refractivity contribution in [1.82, 2.24) is 20.2 Å². The molecule has 2 N–H and O–H groups in total. The molecule has 2 rings (SSSR count). The average molecular weight is 222 g/mol. The fourth-order valence-electron chi connectivity index (χ4n) is 1.51. The van der Waals surface area contributed by atoms with Gasteiger partial charge in [0.2, 0.25) is 5.91 Å². The minimum absolute atomic E-state index is 0.0614. The summed E-state index contributed by atoms with van der Waals surface area (Å²) in [6, 6.07) is 0.705. The number of amides is 1. The lowest BCUT2D eigenvalue weighted by Gasteiger charge is -2.00. The van der Waals surface area contributed by atoms with Crippen LogP contribution in [0.1, 0.15) is 25.0 Å². The molecular formula is C11H18N4O. The standard InChI is InChI=1S/C11H18N4O/c1-12-11(16)4-5-15-7-10(14-8-15)6-13-9-2-3-9/h7-9,13H,2-6H2,1H3,(H,12,16). The summed E-state index contributed by atoms with van der Waals surface area (Å²) in [4.78, 5) is 15.3. The van der Waals surface area contributed by atoms with Crippen LogP contribution in [0, 0.1) is 0 Å². The van der Waals surface area contributed by atoms with Gasteiger partial charge in [0.05, 0.1) is 12.0 Å². The second-order valence-corrected chi connectivity index (χ2v) is 4.18. The predicted octanol–water partition coefficient (Wildman–Crippen LogP) is 0.271. The van der Waals surface area contributed by atoms with Gasteiger partial charge in [0.1, 0.15) is 0 Å². The second kappa shape index (κ2) is 5.12. The number of hydrogen-bond acceptors (Lipinski definition) is 3. The molecule has 1 amide bonds. The lowest BCUT2D eigenvalue weighted by Crippen LogP contribution is -2.19. The fourth-order valence-corrected chi connectivity index (χ4v) is 1.51. The zero-order valence-corrected chi connectivity index (χ0v) is 9.57. The van der Waals surface area contributed by atoms with E-state index in [1.165, 1.54) is 12.8 Å². The van der Waals surface area contributed by atoms with Crippen molar-refractivity contribution in [2.75, 3.05) is 7.05 Å². The lowest BCUT2D eigenvalue weighted by molar-refractivity contribution is -0.120. The van der Waals surface area contributed by atoms with Crippen LogP contribution >= 0.6 is 0 Å². The van der Waals surface area contributed by atoms with Crippen molar-refractivity contribution < 1.29 is 4.79 Å². The van der Waals surface area contributed by atoms with E-state index < -0.39 is 0 Å². The molecule has 1 aromatic heterocycles. The van der Waals surface area contributed by atoms with E-state index in [0.29, 0.717) is 19.0 Å². The highest BCUT2D eigenvalue weighted by Gasteiger charge is 2.20. The molecule has 0 bridgehead atoms. The first-order valence-electron chi connectivity index (χ1n) is 5.72. The van der Waals surface area contributed by atoms with E-state index in [1.807, 2.05) is 10.8 Å². The van der Waals surface area contributed by atoms with Crippen molar-refractivity contribution in [3.8, 4) is 0 Å². The molecule has 0 aromatic carbocycles. The third kappa shape index (κ3) is 3.34. The van der Waals surface area contributed by atoms with E-state index in [4.69, 9.17) is 0 Å². The summed E-state index contributed by atoms with van der Waals surface area (Å²) in [5, 5.41) is 6.01. The van der Waals surface area contributed by atoms with Gasteiger partial charge >= 0.3 is 0 Å². The Kier molecular flexibility index (Phi) is 3.56.